The van der Waals surface area contributed by atoms with Crippen LogP contribution in [-0.2, 0) is 0 Å². The number of hydrogen-bond acceptors (Lipinski definition) is 4. The molecule has 0 N–H and O–H groups in total. The molecule has 1 aliphatic heterocycles. The highest BCUT2D eigenvalue weighted by Gasteiger charge is 2.29. The van der Waals surface area contributed by atoms with Gasteiger partial charge in [0.1, 0.15) is 23.7 Å². The van der Waals surface area contributed by atoms with Crippen LogP contribution < -0.4 is 4.90 Å². The van der Waals surface area contributed by atoms with Crippen LogP contribution >= 0.6 is 0 Å². The summed E-state index contributed by atoms with van der Waals surface area (Å²) >= 11 is 0. The average molecular weight is 365 g/mol. The first kappa shape index (κ1) is 17.2. The maximum Gasteiger partial charge on any atom is 0.272 e. The Bertz CT molecular complexity index is 943. The molecule has 0 spiro atoms. The van der Waals surface area contributed by atoms with E-state index >= 15 is 0 Å². The van der Waals surface area contributed by atoms with Crippen molar-refractivity contribution in [2.45, 2.75) is 13.0 Å². The summed E-state index contributed by atoms with van der Waals surface area (Å²) in [6.45, 7) is 3.65. The summed E-state index contributed by atoms with van der Waals surface area (Å²) in [4.78, 5) is 25.3. The number of aromatic nitrogens is 3. The SMILES string of the molecule is CC1CN(c2ccccc2F)CCN1C(=O)c1cccc(-n2ccnc2)n1. The number of anilines is 1. The molecule has 0 bridgehead atoms. The van der Waals surface area contributed by atoms with Crippen molar-refractivity contribution in [3.8, 4) is 5.82 Å². The molecule has 3 aromatic rings. The minimum atomic E-state index is -0.237. The van der Waals surface area contributed by atoms with Crippen molar-refractivity contribution in [1.29, 1.82) is 0 Å². The minimum absolute atomic E-state index is 0.0513. The fourth-order valence-electron chi connectivity index (χ4n) is 3.41. The van der Waals surface area contributed by atoms with Gasteiger partial charge in [0.25, 0.3) is 5.91 Å². The molecule has 6 nitrogen and oxygen atoms in total. The van der Waals surface area contributed by atoms with Gasteiger partial charge >= 0.3 is 0 Å². The molecule has 0 saturated carbocycles. The Labute approximate surface area is 156 Å². The lowest BCUT2D eigenvalue weighted by molar-refractivity contribution is 0.0667. The highest BCUT2D eigenvalue weighted by molar-refractivity contribution is 5.93. The number of halogens is 1. The minimum Gasteiger partial charge on any atom is -0.365 e. The molecule has 1 saturated heterocycles. The third-order valence-electron chi connectivity index (χ3n) is 4.80. The standard InChI is InChI=1S/C20H20FN5O/c1-15-13-24(18-7-3-2-5-16(18)21)11-12-26(15)20(27)17-6-4-8-19(23-17)25-10-9-22-14-25/h2-10,14-15H,11-13H2,1H3. The predicted molar refractivity (Wildman–Crippen MR) is 100 cm³/mol. The van der Waals surface area contributed by atoms with E-state index in [1.807, 2.05) is 30.0 Å². The molecule has 1 aromatic carbocycles. The number of para-hydroxylation sites is 1. The summed E-state index contributed by atoms with van der Waals surface area (Å²) in [5.41, 5.74) is 0.976. The molecule has 0 aliphatic carbocycles. The molecule has 2 aromatic heterocycles. The van der Waals surface area contributed by atoms with Gasteiger partial charge in [0.2, 0.25) is 0 Å². The van der Waals surface area contributed by atoms with Crippen molar-refractivity contribution in [3.63, 3.8) is 0 Å². The van der Waals surface area contributed by atoms with Gasteiger partial charge in [-0.1, -0.05) is 18.2 Å². The van der Waals surface area contributed by atoms with Gasteiger partial charge in [-0.05, 0) is 31.2 Å². The molecular formula is C20H20FN5O. The quantitative estimate of drug-likeness (QED) is 0.716. The molecule has 27 heavy (non-hydrogen) atoms. The number of carbonyl (C=O) groups is 1. The van der Waals surface area contributed by atoms with Gasteiger partial charge in [0.15, 0.2) is 0 Å². The van der Waals surface area contributed by atoms with Gasteiger partial charge in [-0.15, -0.1) is 0 Å². The Kier molecular flexibility index (Phi) is 4.58. The highest BCUT2D eigenvalue weighted by atomic mass is 19.1. The van der Waals surface area contributed by atoms with Crippen molar-refractivity contribution in [1.82, 2.24) is 19.4 Å². The van der Waals surface area contributed by atoms with Crippen LogP contribution in [0.1, 0.15) is 17.4 Å². The maximum atomic E-state index is 14.1. The third-order valence-corrected chi connectivity index (χ3v) is 4.80. The zero-order chi connectivity index (χ0) is 18.8. The largest absolute Gasteiger partial charge is 0.365 e. The fourth-order valence-corrected chi connectivity index (χ4v) is 3.41. The molecule has 7 heteroatoms. The van der Waals surface area contributed by atoms with Crippen LogP contribution in [0.4, 0.5) is 10.1 Å². The van der Waals surface area contributed by atoms with E-state index in [9.17, 15) is 9.18 Å². The van der Waals surface area contributed by atoms with Crippen LogP contribution in [0.15, 0.2) is 61.2 Å². The Balaban J connectivity index is 1.51. The normalized spacial score (nSPS) is 17.2. The van der Waals surface area contributed by atoms with Gasteiger partial charge in [-0.3, -0.25) is 9.36 Å². The Hall–Kier alpha value is -3.22. The van der Waals surface area contributed by atoms with Crippen molar-refractivity contribution in [2.75, 3.05) is 24.5 Å². The number of hydrogen-bond donors (Lipinski definition) is 0. The zero-order valence-corrected chi connectivity index (χ0v) is 15.0. The van der Waals surface area contributed by atoms with E-state index in [0.717, 1.165) is 0 Å². The second-order valence-electron chi connectivity index (χ2n) is 6.60. The second-order valence-corrected chi connectivity index (χ2v) is 6.60. The predicted octanol–water partition coefficient (Wildman–Crippen LogP) is 2.76. The van der Waals surface area contributed by atoms with Crippen molar-refractivity contribution in [2.24, 2.45) is 0 Å². The van der Waals surface area contributed by atoms with Crippen LogP contribution in [0.5, 0.6) is 0 Å². The summed E-state index contributed by atoms with van der Waals surface area (Å²) in [5, 5.41) is 0. The summed E-state index contributed by atoms with van der Waals surface area (Å²) < 4.78 is 15.8. The molecule has 1 aliphatic rings. The summed E-state index contributed by atoms with van der Waals surface area (Å²) in [5.74, 6) is 0.299. The number of imidazole rings is 1. The smallest absolute Gasteiger partial charge is 0.272 e. The van der Waals surface area contributed by atoms with Gasteiger partial charge in [-0.2, -0.15) is 0 Å². The molecule has 1 amide bonds. The topological polar surface area (TPSA) is 54.3 Å². The number of benzene rings is 1. The molecule has 138 valence electrons. The maximum absolute atomic E-state index is 14.1. The van der Waals surface area contributed by atoms with Crippen LogP contribution in [0.25, 0.3) is 5.82 Å². The Morgan fingerprint density at radius 1 is 1.15 bits per heavy atom. The highest BCUT2D eigenvalue weighted by Crippen LogP contribution is 2.23. The average Bonchev–Trinajstić information content (AvgIpc) is 3.23. The fraction of sp³-hybridized carbons (Fsp3) is 0.250. The monoisotopic (exact) mass is 365 g/mol. The van der Waals surface area contributed by atoms with E-state index in [4.69, 9.17) is 0 Å². The number of rotatable bonds is 3. The Morgan fingerprint density at radius 2 is 2.00 bits per heavy atom. The van der Waals surface area contributed by atoms with E-state index in [2.05, 4.69) is 9.97 Å². The molecular weight excluding hydrogens is 345 g/mol. The molecule has 1 unspecified atom stereocenters. The lowest BCUT2D eigenvalue weighted by Crippen LogP contribution is -2.54. The lowest BCUT2D eigenvalue weighted by atomic mass is 10.1. The number of pyridine rings is 1. The van der Waals surface area contributed by atoms with E-state index < -0.39 is 0 Å². The van der Waals surface area contributed by atoms with Crippen molar-refractivity contribution in [3.05, 3.63) is 72.7 Å². The first-order valence-corrected chi connectivity index (χ1v) is 8.89. The van der Waals surface area contributed by atoms with E-state index in [1.54, 1.807) is 46.4 Å². The Morgan fingerprint density at radius 3 is 2.74 bits per heavy atom. The second kappa shape index (κ2) is 7.19. The van der Waals surface area contributed by atoms with E-state index in [-0.39, 0.29) is 17.8 Å². The number of carbonyl (C=O) groups excluding carboxylic acids is 1. The van der Waals surface area contributed by atoms with E-state index in [0.29, 0.717) is 36.8 Å². The van der Waals surface area contributed by atoms with Crippen LogP contribution in [0.3, 0.4) is 0 Å². The van der Waals surface area contributed by atoms with Gasteiger partial charge < -0.3 is 9.80 Å². The zero-order valence-electron chi connectivity index (χ0n) is 15.0. The van der Waals surface area contributed by atoms with Crippen LogP contribution in [0, 0.1) is 5.82 Å². The molecule has 4 rings (SSSR count). The molecule has 0 radical (unpaired) electrons. The van der Waals surface area contributed by atoms with Gasteiger partial charge in [0.05, 0.1) is 5.69 Å². The number of piperazine rings is 1. The third kappa shape index (κ3) is 3.40. The van der Waals surface area contributed by atoms with Crippen molar-refractivity contribution < 1.29 is 9.18 Å². The van der Waals surface area contributed by atoms with Crippen LogP contribution in [0.2, 0.25) is 0 Å². The summed E-state index contributed by atoms with van der Waals surface area (Å²) in [6, 6.07) is 12.1. The van der Waals surface area contributed by atoms with Crippen LogP contribution in [-0.4, -0.2) is 51.0 Å². The van der Waals surface area contributed by atoms with Crippen molar-refractivity contribution >= 4 is 11.6 Å². The summed E-state index contributed by atoms with van der Waals surface area (Å²) in [6.07, 6.45) is 5.10. The van der Waals surface area contributed by atoms with Gasteiger partial charge in [0, 0.05) is 38.1 Å². The first-order valence-electron chi connectivity index (χ1n) is 8.89. The summed E-state index contributed by atoms with van der Waals surface area (Å²) in [7, 11) is 0. The molecule has 1 fully saturated rings. The van der Waals surface area contributed by atoms with Gasteiger partial charge in [-0.25, -0.2) is 14.4 Å². The number of amides is 1. The number of nitrogens with zero attached hydrogens (tertiary/aromatic N) is 5. The molecule has 3 heterocycles. The molecule has 1 atom stereocenters. The lowest BCUT2D eigenvalue weighted by Gasteiger charge is -2.40. The first-order chi connectivity index (χ1) is 13.1. The van der Waals surface area contributed by atoms with E-state index in [1.165, 1.54) is 6.07 Å².